The molecule has 0 saturated carbocycles. The number of halogens is 3. The smallest absolute Gasteiger partial charge is 0.273 e. The number of H-pyrrole nitrogens is 1. The van der Waals surface area contributed by atoms with Crippen molar-refractivity contribution in [2.75, 3.05) is 5.43 Å². The van der Waals surface area contributed by atoms with Crippen LogP contribution in [0.25, 0.3) is 10.8 Å². The summed E-state index contributed by atoms with van der Waals surface area (Å²) in [6.45, 7) is -0.00545. The molecule has 0 aliphatic carbocycles. The molecule has 0 aliphatic rings. The van der Waals surface area contributed by atoms with Gasteiger partial charge in [-0.15, -0.1) is 0 Å². The molecule has 0 atom stereocenters. The summed E-state index contributed by atoms with van der Waals surface area (Å²) in [5.41, 5.74) is 4.57. The molecule has 2 aromatic carbocycles. The number of aromatic amines is 1. The van der Waals surface area contributed by atoms with E-state index in [1.165, 1.54) is 12.1 Å². The molecule has 3 aromatic rings. The fraction of sp³-hybridized carbons (Fsp3) is 0.118. The number of amides is 1. The molecule has 0 aliphatic heterocycles. The maximum Gasteiger partial charge on any atom is 0.273 e. The van der Waals surface area contributed by atoms with E-state index in [0.717, 1.165) is 4.68 Å². The Morgan fingerprint density at radius 3 is 2.33 bits per heavy atom. The van der Waals surface area contributed by atoms with Crippen LogP contribution in [0, 0.1) is 0 Å². The molecular formula is C17H13Cl3N4O3. The second-order valence-electron chi connectivity index (χ2n) is 5.61. The van der Waals surface area contributed by atoms with Gasteiger partial charge < -0.3 is 0 Å². The lowest BCUT2D eigenvalue weighted by Gasteiger charge is -2.12. The standard InChI is InChI=1S/C17H13Cl3N4O3/c18-9-7-12(19)15(13(20)8-9)22-21-14(25)5-6-24-17(27)11-4-2-1-3-10(11)16(26)23-24/h1-4,7-8,22H,5-6H2,(H,21,25)(H,23,26). The lowest BCUT2D eigenvalue weighted by atomic mass is 10.2. The molecule has 140 valence electrons. The van der Waals surface area contributed by atoms with Crippen LogP contribution >= 0.6 is 34.8 Å². The molecule has 1 aromatic heterocycles. The average Bonchev–Trinajstić information content (AvgIpc) is 2.62. The van der Waals surface area contributed by atoms with Gasteiger partial charge in [0, 0.05) is 11.4 Å². The van der Waals surface area contributed by atoms with Crippen LogP contribution in [0.2, 0.25) is 15.1 Å². The Morgan fingerprint density at radius 2 is 1.67 bits per heavy atom. The summed E-state index contributed by atoms with van der Waals surface area (Å²) < 4.78 is 1.10. The number of carbonyl (C=O) groups excluding carboxylic acids is 1. The number of benzene rings is 2. The normalized spacial score (nSPS) is 10.8. The Labute approximate surface area is 167 Å². The molecule has 3 N–H and O–H groups in total. The highest BCUT2D eigenvalue weighted by atomic mass is 35.5. The SMILES string of the molecule is O=C(CCn1[nH]c(=O)c2ccccc2c1=O)NNc1c(Cl)cc(Cl)cc1Cl. The van der Waals surface area contributed by atoms with E-state index in [1.54, 1.807) is 24.3 Å². The number of rotatable bonds is 5. The number of carbonyl (C=O) groups is 1. The summed E-state index contributed by atoms with van der Waals surface area (Å²) in [5, 5.41) is 3.90. The fourth-order valence-corrected chi connectivity index (χ4v) is 3.39. The lowest BCUT2D eigenvalue weighted by Crippen LogP contribution is -2.34. The van der Waals surface area contributed by atoms with Gasteiger partial charge >= 0.3 is 0 Å². The summed E-state index contributed by atoms with van der Waals surface area (Å²) in [4.78, 5) is 36.5. The van der Waals surface area contributed by atoms with Crippen LogP contribution < -0.4 is 22.0 Å². The highest BCUT2D eigenvalue weighted by Crippen LogP contribution is 2.33. The molecule has 1 heterocycles. The van der Waals surface area contributed by atoms with E-state index < -0.39 is 11.5 Å². The zero-order chi connectivity index (χ0) is 19.6. The number of hydrogen-bond donors (Lipinski definition) is 3. The van der Waals surface area contributed by atoms with Gasteiger partial charge in [0.25, 0.3) is 11.1 Å². The van der Waals surface area contributed by atoms with E-state index >= 15 is 0 Å². The Hall–Kier alpha value is -2.48. The van der Waals surface area contributed by atoms with Crippen molar-refractivity contribution < 1.29 is 4.79 Å². The van der Waals surface area contributed by atoms with Crippen molar-refractivity contribution in [3.05, 3.63) is 72.2 Å². The first-order chi connectivity index (χ1) is 12.9. The Bertz CT molecular complexity index is 1120. The van der Waals surface area contributed by atoms with Gasteiger partial charge in [-0.3, -0.25) is 30.3 Å². The van der Waals surface area contributed by atoms with E-state index in [0.29, 0.717) is 21.5 Å². The number of anilines is 1. The quantitative estimate of drug-likeness (QED) is 0.545. The average molecular weight is 428 g/mol. The molecular weight excluding hydrogens is 415 g/mol. The first-order valence-corrected chi connectivity index (χ1v) is 8.91. The third kappa shape index (κ3) is 4.27. The largest absolute Gasteiger partial charge is 0.296 e. The highest BCUT2D eigenvalue weighted by Gasteiger charge is 2.11. The van der Waals surface area contributed by atoms with Crippen molar-refractivity contribution in [2.24, 2.45) is 0 Å². The maximum atomic E-state index is 12.4. The fourth-order valence-electron chi connectivity index (χ4n) is 2.47. The van der Waals surface area contributed by atoms with Crippen LogP contribution in [-0.4, -0.2) is 15.7 Å². The second-order valence-corrected chi connectivity index (χ2v) is 6.86. The second kappa shape index (κ2) is 8.04. The molecule has 3 rings (SSSR count). The van der Waals surface area contributed by atoms with Gasteiger partial charge in [0.05, 0.1) is 33.0 Å². The van der Waals surface area contributed by atoms with Gasteiger partial charge in [-0.25, -0.2) is 4.68 Å². The molecule has 0 radical (unpaired) electrons. The molecule has 0 unspecified atom stereocenters. The monoisotopic (exact) mass is 426 g/mol. The Kier molecular flexibility index (Phi) is 5.74. The van der Waals surface area contributed by atoms with Crippen LogP contribution in [0.15, 0.2) is 46.0 Å². The zero-order valence-corrected chi connectivity index (χ0v) is 16.0. The molecule has 10 heteroatoms. The predicted molar refractivity (Wildman–Crippen MR) is 107 cm³/mol. The van der Waals surface area contributed by atoms with E-state index in [2.05, 4.69) is 16.0 Å². The number of hydrazine groups is 1. The minimum Gasteiger partial charge on any atom is -0.296 e. The molecule has 0 saturated heterocycles. The van der Waals surface area contributed by atoms with Gasteiger partial charge in [0.1, 0.15) is 0 Å². The number of nitrogens with one attached hydrogen (secondary N) is 3. The molecule has 0 spiro atoms. The van der Waals surface area contributed by atoms with Gasteiger partial charge in [0.15, 0.2) is 0 Å². The summed E-state index contributed by atoms with van der Waals surface area (Å²) in [5.74, 6) is -0.432. The summed E-state index contributed by atoms with van der Waals surface area (Å²) in [6.07, 6.45) is -0.0655. The highest BCUT2D eigenvalue weighted by molar-refractivity contribution is 6.41. The molecule has 0 fully saturated rings. The minimum atomic E-state index is -0.432. The summed E-state index contributed by atoms with van der Waals surface area (Å²) >= 11 is 17.9. The Morgan fingerprint density at radius 1 is 1.04 bits per heavy atom. The topological polar surface area (TPSA) is 96.0 Å². The first-order valence-electron chi connectivity index (χ1n) is 7.78. The molecule has 1 amide bonds. The molecule has 27 heavy (non-hydrogen) atoms. The Balaban J connectivity index is 1.68. The maximum absolute atomic E-state index is 12.4. The lowest BCUT2D eigenvalue weighted by molar-refractivity contribution is -0.120. The van der Waals surface area contributed by atoms with Gasteiger partial charge in [0.2, 0.25) is 5.91 Å². The van der Waals surface area contributed by atoms with Crippen molar-refractivity contribution in [2.45, 2.75) is 13.0 Å². The van der Waals surface area contributed by atoms with Crippen LogP contribution in [-0.2, 0) is 11.3 Å². The van der Waals surface area contributed by atoms with Crippen molar-refractivity contribution in [3.8, 4) is 0 Å². The molecule has 0 bridgehead atoms. The van der Waals surface area contributed by atoms with Gasteiger partial charge in [-0.1, -0.05) is 46.9 Å². The number of fused-ring (bicyclic) bond motifs is 1. The van der Waals surface area contributed by atoms with E-state index in [-0.39, 0.29) is 28.6 Å². The van der Waals surface area contributed by atoms with Crippen LogP contribution in [0.3, 0.4) is 0 Å². The first kappa shape index (κ1) is 19.3. The van der Waals surface area contributed by atoms with Crippen molar-refractivity contribution in [1.82, 2.24) is 15.2 Å². The van der Waals surface area contributed by atoms with Crippen molar-refractivity contribution >= 4 is 57.2 Å². The minimum absolute atomic E-state index is 0.00545. The van der Waals surface area contributed by atoms with Crippen LogP contribution in [0.1, 0.15) is 6.42 Å². The predicted octanol–water partition coefficient (Wildman–Crippen LogP) is 3.18. The third-order valence-corrected chi connectivity index (χ3v) is 4.59. The van der Waals surface area contributed by atoms with E-state index in [9.17, 15) is 14.4 Å². The van der Waals surface area contributed by atoms with Gasteiger partial charge in [-0.05, 0) is 24.3 Å². The van der Waals surface area contributed by atoms with E-state index in [1.807, 2.05) is 0 Å². The molecule has 7 nitrogen and oxygen atoms in total. The van der Waals surface area contributed by atoms with Crippen LogP contribution in [0.4, 0.5) is 5.69 Å². The van der Waals surface area contributed by atoms with Crippen LogP contribution in [0.5, 0.6) is 0 Å². The zero-order valence-electron chi connectivity index (χ0n) is 13.7. The number of aromatic nitrogens is 2. The van der Waals surface area contributed by atoms with Gasteiger partial charge in [-0.2, -0.15) is 0 Å². The van der Waals surface area contributed by atoms with Crippen molar-refractivity contribution in [3.63, 3.8) is 0 Å². The number of nitrogens with zero attached hydrogens (tertiary/aromatic N) is 1. The number of hydrogen-bond acceptors (Lipinski definition) is 4. The third-order valence-electron chi connectivity index (χ3n) is 3.78. The van der Waals surface area contributed by atoms with E-state index in [4.69, 9.17) is 34.8 Å². The number of aryl methyl sites for hydroxylation is 1. The summed E-state index contributed by atoms with van der Waals surface area (Å²) in [6, 6.07) is 9.43. The van der Waals surface area contributed by atoms with Crippen molar-refractivity contribution in [1.29, 1.82) is 0 Å². The summed E-state index contributed by atoms with van der Waals surface area (Å²) in [7, 11) is 0.